The van der Waals surface area contributed by atoms with Gasteiger partial charge in [-0.1, -0.05) is 12.1 Å². The summed E-state index contributed by atoms with van der Waals surface area (Å²) in [5, 5.41) is 10.6. The molecule has 0 atom stereocenters. The molecule has 0 N–H and O–H groups in total. The number of sulfonamides is 1. The van der Waals surface area contributed by atoms with Crippen LogP contribution in [0.2, 0.25) is 0 Å². The maximum atomic E-state index is 12.2. The summed E-state index contributed by atoms with van der Waals surface area (Å²) in [5.74, 6) is -0.109. The minimum Gasteiger partial charge on any atom is -0.340 e. The highest BCUT2D eigenvalue weighted by molar-refractivity contribution is 7.88. The van der Waals surface area contributed by atoms with Crippen LogP contribution in [0.5, 0.6) is 0 Å². The maximum Gasteiger partial charge on any atom is 0.269 e. The lowest BCUT2D eigenvalue weighted by Crippen LogP contribution is -2.50. The number of hydrogen-bond acceptors (Lipinski definition) is 5. The predicted molar refractivity (Wildman–Crippen MR) is 79.8 cm³/mol. The van der Waals surface area contributed by atoms with Crippen molar-refractivity contribution in [2.75, 3.05) is 32.4 Å². The third-order valence-corrected chi connectivity index (χ3v) is 4.87. The second kappa shape index (κ2) is 6.41. The van der Waals surface area contributed by atoms with Crippen molar-refractivity contribution in [1.82, 2.24) is 9.21 Å². The zero-order valence-corrected chi connectivity index (χ0v) is 13.0. The fraction of sp³-hybridized carbons (Fsp3) is 0.462. The van der Waals surface area contributed by atoms with E-state index in [0.717, 1.165) is 6.26 Å². The smallest absolute Gasteiger partial charge is 0.269 e. The van der Waals surface area contributed by atoms with E-state index in [2.05, 4.69) is 0 Å². The fourth-order valence-corrected chi connectivity index (χ4v) is 3.12. The number of non-ortho nitro benzene ring substituents is 1. The molecular formula is C13H17N3O5S. The number of nitro groups is 1. The third kappa shape index (κ3) is 4.01. The molecule has 120 valence electrons. The standard InChI is InChI=1S/C13H17N3O5S/c1-22(20,21)15-8-6-14(7-9-15)13(17)10-11-2-4-12(5-3-11)16(18)19/h2-5H,6-10H2,1H3. The van der Waals surface area contributed by atoms with Crippen LogP contribution in [0.3, 0.4) is 0 Å². The molecule has 1 aliphatic heterocycles. The molecule has 0 radical (unpaired) electrons. The van der Waals surface area contributed by atoms with Crippen molar-refractivity contribution in [3.8, 4) is 0 Å². The van der Waals surface area contributed by atoms with Gasteiger partial charge in [-0.3, -0.25) is 14.9 Å². The summed E-state index contributed by atoms with van der Waals surface area (Å²) in [4.78, 5) is 23.9. The highest BCUT2D eigenvalue weighted by atomic mass is 32.2. The first kappa shape index (κ1) is 16.4. The number of carbonyl (C=O) groups is 1. The molecule has 0 unspecified atom stereocenters. The van der Waals surface area contributed by atoms with Crippen LogP contribution < -0.4 is 0 Å². The lowest BCUT2D eigenvalue weighted by molar-refractivity contribution is -0.384. The Hall–Kier alpha value is -2.00. The lowest BCUT2D eigenvalue weighted by Gasteiger charge is -2.33. The number of piperazine rings is 1. The molecule has 22 heavy (non-hydrogen) atoms. The first-order valence-corrected chi connectivity index (χ1v) is 8.58. The van der Waals surface area contributed by atoms with Crippen LogP contribution in [0.25, 0.3) is 0 Å². The van der Waals surface area contributed by atoms with Crippen molar-refractivity contribution < 1.29 is 18.1 Å². The Bertz CT molecular complexity index is 663. The largest absolute Gasteiger partial charge is 0.340 e. The van der Waals surface area contributed by atoms with Crippen LogP contribution in [-0.2, 0) is 21.2 Å². The molecule has 1 amide bonds. The zero-order valence-electron chi connectivity index (χ0n) is 12.1. The topological polar surface area (TPSA) is 101 Å². The summed E-state index contributed by atoms with van der Waals surface area (Å²) in [6, 6.07) is 5.85. The Labute approximate surface area is 128 Å². The molecule has 1 heterocycles. The van der Waals surface area contributed by atoms with Crippen LogP contribution in [0, 0.1) is 10.1 Å². The molecule has 1 fully saturated rings. The van der Waals surface area contributed by atoms with E-state index in [-0.39, 0.29) is 18.0 Å². The van der Waals surface area contributed by atoms with Gasteiger partial charge in [0, 0.05) is 38.3 Å². The molecule has 2 rings (SSSR count). The number of carbonyl (C=O) groups excluding carboxylic acids is 1. The molecule has 1 saturated heterocycles. The minimum absolute atomic E-state index is 0.0158. The SMILES string of the molecule is CS(=O)(=O)N1CCN(C(=O)Cc2ccc([N+](=O)[O-])cc2)CC1. The number of nitrogens with zero attached hydrogens (tertiary/aromatic N) is 3. The normalized spacial score (nSPS) is 16.5. The van der Waals surface area contributed by atoms with Crippen LogP contribution in [0.4, 0.5) is 5.69 Å². The number of benzene rings is 1. The first-order chi connectivity index (χ1) is 10.3. The van der Waals surface area contributed by atoms with E-state index in [1.165, 1.54) is 16.4 Å². The van der Waals surface area contributed by atoms with Gasteiger partial charge >= 0.3 is 0 Å². The van der Waals surface area contributed by atoms with Gasteiger partial charge in [0.05, 0.1) is 17.6 Å². The van der Waals surface area contributed by atoms with Gasteiger partial charge in [-0.25, -0.2) is 8.42 Å². The zero-order chi connectivity index (χ0) is 16.3. The van der Waals surface area contributed by atoms with E-state index >= 15 is 0 Å². The van der Waals surface area contributed by atoms with Crippen LogP contribution in [0.1, 0.15) is 5.56 Å². The molecule has 1 aromatic carbocycles. The average molecular weight is 327 g/mol. The molecule has 1 aromatic rings. The van der Waals surface area contributed by atoms with Gasteiger partial charge in [0.15, 0.2) is 0 Å². The van der Waals surface area contributed by atoms with E-state index in [1.54, 1.807) is 17.0 Å². The Kier molecular flexibility index (Phi) is 4.77. The monoisotopic (exact) mass is 327 g/mol. The van der Waals surface area contributed by atoms with Crippen LogP contribution >= 0.6 is 0 Å². The van der Waals surface area contributed by atoms with Gasteiger partial charge in [-0.15, -0.1) is 0 Å². The van der Waals surface area contributed by atoms with Crippen molar-refractivity contribution in [1.29, 1.82) is 0 Å². The van der Waals surface area contributed by atoms with Crippen LogP contribution in [-0.4, -0.2) is 60.9 Å². The lowest BCUT2D eigenvalue weighted by atomic mass is 10.1. The van der Waals surface area contributed by atoms with E-state index in [0.29, 0.717) is 31.7 Å². The van der Waals surface area contributed by atoms with Crippen LogP contribution in [0.15, 0.2) is 24.3 Å². The molecule has 0 spiro atoms. The number of amides is 1. The molecule has 0 bridgehead atoms. The van der Waals surface area contributed by atoms with Gasteiger partial charge in [-0.2, -0.15) is 4.31 Å². The second-order valence-electron chi connectivity index (χ2n) is 5.14. The molecule has 9 heteroatoms. The fourth-order valence-electron chi connectivity index (χ4n) is 2.29. The Balaban J connectivity index is 1.92. The second-order valence-corrected chi connectivity index (χ2v) is 7.13. The van der Waals surface area contributed by atoms with Gasteiger partial charge in [0.2, 0.25) is 15.9 Å². The van der Waals surface area contributed by atoms with E-state index in [9.17, 15) is 23.3 Å². The molecular weight excluding hydrogens is 310 g/mol. The molecule has 0 saturated carbocycles. The summed E-state index contributed by atoms with van der Waals surface area (Å²) in [5.41, 5.74) is 0.680. The average Bonchev–Trinajstić information content (AvgIpc) is 2.47. The van der Waals surface area contributed by atoms with Gasteiger partial charge in [0.25, 0.3) is 5.69 Å². The van der Waals surface area contributed by atoms with Gasteiger partial charge in [0.1, 0.15) is 0 Å². The van der Waals surface area contributed by atoms with Crippen molar-refractivity contribution in [3.63, 3.8) is 0 Å². The quantitative estimate of drug-likeness (QED) is 0.582. The summed E-state index contributed by atoms with van der Waals surface area (Å²) in [6.45, 7) is 1.31. The molecule has 0 aromatic heterocycles. The highest BCUT2D eigenvalue weighted by Gasteiger charge is 2.25. The molecule has 1 aliphatic rings. The summed E-state index contributed by atoms with van der Waals surface area (Å²) in [6.07, 6.45) is 1.30. The Morgan fingerprint density at radius 1 is 1.18 bits per heavy atom. The minimum atomic E-state index is -3.22. The number of rotatable bonds is 4. The van der Waals surface area contributed by atoms with Crippen molar-refractivity contribution >= 4 is 21.6 Å². The van der Waals surface area contributed by atoms with Crippen molar-refractivity contribution in [2.45, 2.75) is 6.42 Å². The summed E-state index contributed by atoms with van der Waals surface area (Å²) < 4.78 is 24.2. The highest BCUT2D eigenvalue weighted by Crippen LogP contribution is 2.14. The number of nitro benzene ring substituents is 1. The van der Waals surface area contributed by atoms with Gasteiger partial charge in [-0.05, 0) is 5.56 Å². The summed E-state index contributed by atoms with van der Waals surface area (Å²) in [7, 11) is -3.22. The van der Waals surface area contributed by atoms with E-state index < -0.39 is 14.9 Å². The number of hydrogen-bond donors (Lipinski definition) is 0. The maximum absolute atomic E-state index is 12.2. The van der Waals surface area contributed by atoms with Crippen molar-refractivity contribution in [3.05, 3.63) is 39.9 Å². The summed E-state index contributed by atoms with van der Waals surface area (Å²) >= 11 is 0. The Morgan fingerprint density at radius 2 is 1.73 bits per heavy atom. The Morgan fingerprint density at radius 3 is 2.18 bits per heavy atom. The predicted octanol–water partition coefficient (Wildman–Crippen LogP) is 0.241. The first-order valence-electron chi connectivity index (χ1n) is 6.73. The van der Waals surface area contributed by atoms with E-state index in [1.807, 2.05) is 0 Å². The van der Waals surface area contributed by atoms with Gasteiger partial charge < -0.3 is 4.90 Å². The third-order valence-electron chi connectivity index (χ3n) is 3.56. The molecule has 0 aliphatic carbocycles. The molecule has 8 nitrogen and oxygen atoms in total. The van der Waals surface area contributed by atoms with Crippen molar-refractivity contribution in [2.24, 2.45) is 0 Å². The van der Waals surface area contributed by atoms with E-state index in [4.69, 9.17) is 0 Å².